The summed E-state index contributed by atoms with van der Waals surface area (Å²) >= 11 is 0. The molecule has 1 spiro atoms. The Kier molecular flexibility index (Phi) is 4.70. The van der Waals surface area contributed by atoms with Crippen molar-refractivity contribution in [3.8, 4) is 0 Å². The van der Waals surface area contributed by atoms with Gasteiger partial charge in [0.2, 0.25) is 5.91 Å². The van der Waals surface area contributed by atoms with Crippen molar-refractivity contribution in [2.45, 2.75) is 37.9 Å². The molecule has 1 amide bonds. The summed E-state index contributed by atoms with van der Waals surface area (Å²) < 4.78 is 2.15. The van der Waals surface area contributed by atoms with E-state index < -0.39 is 17.4 Å². The van der Waals surface area contributed by atoms with E-state index in [1.165, 1.54) is 5.56 Å². The fraction of sp³-hybridized carbons (Fsp3) is 0.450. The number of hydrogen-bond acceptors (Lipinski definition) is 4. The molecule has 1 unspecified atom stereocenters. The highest BCUT2D eigenvalue weighted by molar-refractivity contribution is 5.88. The highest BCUT2D eigenvalue weighted by Crippen LogP contribution is 2.37. The Morgan fingerprint density at radius 1 is 1.22 bits per heavy atom. The molecular weight excluding hydrogens is 344 g/mol. The molecular formula is C20H24N4O3. The van der Waals surface area contributed by atoms with Crippen LogP contribution in [0.15, 0.2) is 42.7 Å². The molecule has 2 aliphatic heterocycles. The lowest BCUT2D eigenvalue weighted by Crippen LogP contribution is -2.55. The summed E-state index contributed by atoms with van der Waals surface area (Å²) in [6.45, 7) is 3.01. The van der Waals surface area contributed by atoms with E-state index in [0.29, 0.717) is 12.8 Å². The highest BCUT2D eigenvalue weighted by Gasteiger charge is 2.51. The van der Waals surface area contributed by atoms with E-state index in [1.54, 1.807) is 0 Å². The average molecular weight is 368 g/mol. The summed E-state index contributed by atoms with van der Waals surface area (Å²) in [5.41, 5.74) is 0.645. The molecule has 142 valence electrons. The van der Waals surface area contributed by atoms with Crippen molar-refractivity contribution >= 4 is 11.9 Å². The molecule has 2 saturated heterocycles. The van der Waals surface area contributed by atoms with E-state index in [9.17, 15) is 14.7 Å². The van der Waals surface area contributed by atoms with Crippen LogP contribution in [0.3, 0.4) is 0 Å². The van der Waals surface area contributed by atoms with E-state index in [-0.39, 0.29) is 12.3 Å². The van der Waals surface area contributed by atoms with Crippen LogP contribution in [0.1, 0.15) is 30.7 Å². The Balaban J connectivity index is 1.40. The average Bonchev–Trinajstić information content (AvgIpc) is 3.22. The van der Waals surface area contributed by atoms with Crippen LogP contribution in [-0.2, 0) is 22.7 Å². The van der Waals surface area contributed by atoms with Crippen molar-refractivity contribution in [3.05, 3.63) is 54.1 Å². The summed E-state index contributed by atoms with van der Waals surface area (Å²) in [6, 6.07) is 10.3. The lowest BCUT2D eigenvalue weighted by atomic mass is 9.78. The summed E-state index contributed by atoms with van der Waals surface area (Å²) in [7, 11) is 0. The summed E-state index contributed by atoms with van der Waals surface area (Å²) in [5.74, 6) is -0.637. The van der Waals surface area contributed by atoms with Crippen LogP contribution in [0.4, 0.5) is 0 Å². The molecule has 1 aromatic heterocycles. The van der Waals surface area contributed by atoms with Crippen LogP contribution in [0, 0.1) is 5.92 Å². The molecule has 2 aliphatic rings. The van der Waals surface area contributed by atoms with E-state index in [1.807, 2.05) is 30.6 Å². The molecule has 0 bridgehead atoms. The highest BCUT2D eigenvalue weighted by atomic mass is 16.4. The minimum Gasteiger partial charge on any atom is -0.481 e. The number of imidazole rings is 1. The number of aliphatic carboxylic acids is 1. The first-order valence-electron chi connectivity index (χ1n) is 9.36. The molecule has 0 aliphatic carbocycles. The van der Waals surface area contributed by atoms with Crippen molar-refractivity contribution in [3.63, 3.8) is 0 Å². The van der Waals surface area contributed by atoms with Crippen molar-refractivity contribution in [2.75, 3.05) is 13.1 Å². The number of nitrogens with one attached hydrogen (secondary N) is 1. The number of aromatic nitrogens is 2. The Morgan fingerprint density at radius 3 is 2.67 bits per heavy atom. The number of carbonyl (C=O) groups is 2. The monoisotopic (exact) mass is 368 g/mol. The van der Waals surface area contributed by atoms with Gasteiger partial charge in [-0.25, -0.2) is 4.98 Å². The first kappa shape index (κ1) is 17.7. The molecule has 4 rings (SSSR count). The van der Waals surface area contributed by atoms with Gasteiger partial charge in [-0.05, 0) is 18.4 Å². The molecule has 7 heteroatoms. The van der Waals surface area contributed by atoms with Crippen LogP contribution < -0.4 is 5.32 Å². The second-order valence-electron chi connectivity index (χ2n) is 7.53. The number of amides is 1. The van der Waals surface area contributed by atoms with Gasteiger partial charge in [-0.15, -0.1) is 0 Å². The van der Waals surface area contributed by atoms with E-state index in [0.717, 1.165) is 32.0 Å². The van der Waals surface area contributed by atoms with Gasteiger partial charge >= 0.3 is 5.97 Å². The zero-order valence-electron chi connectivity index (χ0n) is 15.2. The zero-order valence-corrected chi connectivity index (χ0v) is 15.2. The fourth-order valence-electron chi connectivity index (χ4n) is 4.32. The van der Waals surface area contributed by atoms with E-state index in [4.69, 9.17) is 0 Å². The number of benzene rings is 1. The molecule has 7 nitrogen and oxygen atoms in total. The maximum atomic E-state index is 11.8. The fourth-order valence-corrected chi connectivity index (χ4v) is 4.32. The van der Waals surface area contributed by atoms with Gasteiger partial charge in [0.05, 0.1) is 18.0 Å². The SMILES string of the molecule is O=C1CC(C(=O)O)C2(CCN(Cc3nccn3Cc3ccccc3)CC2)N1. The third-order valence-corrected chi connectivity index (χ3v) is 5.85. The summed E-state index contributed by atoms with van der Waals surface area (Å²) in [6.07, 6.45) is 5.23. The second kappa shape index (κ2) is 7.15. The molecule has 2 fully saturated rings. The van der Waals surface area contributed by atoms with Crippen LogP contribution in [0.25, 0.3) is 0 Å². The molecule has 1 atom stereocenters. The topological polar surface area (TPSA) is 87.5 Å². The number of rotatable bonds is 5. The van der Waals surface area contributed by atoms with Crippen molar-refractivity contribution in [1.82, 2.24) is 19.8 Å². The Bertz CT molecular complexity index is 825. The number of hydrogen-bond donors (Lipinski definition) is 2. The third-order valence-electron chi connectivity index (χ3n) is 5.85. The van der Waals surface area contributed by atoms with Gasteiger partial charge in [0.25, 0.3) is 0 Å². The van der Waals surface area contributed by atoms with Gasteiger partial charge in [-0.3, -0.25) is 14.5 Å². The van der Waals surface area contributed by atoms with Gasteiger partial charge in [-0.2, -0.15) is 0 Å². The molecule has 2 N–H and O–H groups in total. The quantitative estimate of drug-likeness (QED) is 0.835. The van der Waals surface area contributed by atoms with Crippen molar-refractivity contribution in [1.29, 1.82) is 0 Å². The maximum absolute atomic E-state index is 11.8. The lowest BCUT2D eigenvalue weighted by molar-refractivity contribution is -0.144. The Hall–Kier alpha value is -2.67. The van der Waals surface area contributed by atoms with E-state index >= 15 is 0 Å². The number of nitrogens with zero attached hydrogens (tertiary/aromatic N) is 3. The normalized spacial score (nSPS) is 22.1. The number of carboxylic acid groups (broad SMARTS) is 1. The van der Waals surface area contributed by atoms with Crippen LogP contribution >= 0.6 is 0 Å². The Labute approximate surface area is 158 Å². The third kappa shape index (κ3) is 3.60. The predicted octanol–water partition coefficient (Wildman–Crippen LogP) is 1.49. The first-order chi connectivity index (χ1) is 13.1. The standard InChI is InChI=1S/C20H24N4O3/c25-18-12-16(19(26)27)20(22-18)6-9-23(10-7-20)14-17-21-8-11-24(17)13-15-4-2-1-3-5-15/h1-5,8,11,16H,6-7,9-10,12-14H2,(H,22,25)(H,26,27). The number of piperidine rings is 1. The number of carbonyl (C=O) groups excluding carboxylic acids is 1. The van der Waals surface area contributed by atoms with Crippen LogP contribution in [0.5, 0.6) is 0 Å². The molecule has 1 aromatic carbocycles. The van der Waals surface area contributed by atoms with E-state index in [2.05, 4.69) is 31.9 Å². The van der Waals surface area contributed by atoms with Gasteiger partial charge < -0.3 is 15.0 Å². The van der Waals surface area contributed by atoms with Crippen LogP contribution in [0.2, 0.25) is 0 Å². The van der Waals surface area contributed by atoms with Gasteiger partial charge in [-0.1, -0.05) is 30.3 Å². The predicted molar refractivity (Wildman–Crippen MR) is 98.9 cm³/mol. The van der Waals surface area contributed by atoms with Gasteiger partial charge in [0.1, 0.15) is 5.82 Å². The largest absolute Gasteiger partial charge is 0.481 e. The lowest BCUT2D eigenvalue weighted by Gasteiger charge is -2.41. The minimum atomic E-state index is -0.875. The maximum Gasteiger partial charge on any atom is 0.309 e. The smallest absolute Gasteiger partial charge is 0.309 e. The van der Waals surface area contributed by atoms with Gasteiger partial charge in [0, 0.05) is 38.4 Å². The minimum absolute atomic E-state index is 0.0941. The molecule has 0 radical (unpaired) electrons. The van der Waals surface area contributed by atoms with Crippen molar-refractivity contribution < 1.29 is 14.7 Å². The first-order valence-corrected chi connectivity index (χ1v) is 9.36. The van der Waals surface area contributed by atoms with Crippen molar-refractivity contribution in [2.24, 2.45) is 5.92 Å². The summed E-state index contributed by atoms with van der Waals surface area (Å²) in [5, 5.41) is 12.4. The number of carboxylic acids is 1. The molecule has 3 heterocycles. The zero-order chi connectivity index (χ0) is 18.9. The molecule has 27 heavy (non-hydrogen) atoms. The summed E-state index contributed by atoms with van der Waals surface area (Å²) in [4.78, 5) is 30.1. The molecule has 2 aromatic rings. The number of likely N-dealkylation sites (tertiary alicyclic amines) is 1. The molecule has 0 saturated carbocycles. The van der Waals surface area contributed by atoms with Gasteiger partial charge in [0.15, 0.2) is 0 Å². The second-order valence-corrected chi connectivity index (χ2v) is 7.53. The Morgan fingerprint density at radius 2 is 1.96 bits per heavy atom. The van der Waals surface area contributed by atoms with Crippen LogP contribution in [-0.4, -0.2) is 50.1 Å².